The van der Waals surface area contributed by atoms with E-state index in [0.717, 1.165) is 23.9 Å². The number of rotatable bonds is 4. The molecule has 12 heteroatoms. The van der Waals surface area contributed by atoms with Crippen molar-refractivity contribution in [2.45, 2.75) is 6.18 Å². The fourth-order valence-electron chi connectivity index (χ4n) is 2.88. The fraction of sp³-hybridized carbons (Fsp3) is 0.0476. The van der Waals surface area contributed by atoms with Crippen molar-refractivity contribution in [3.8, 4) is 11.3 Å². The largest absolute Gasteiger partial charge is 0.457 e. The number of amidine groups is 1. The zero-order chi connectivity index (χ0) is 23.8. The van der Waals surface area contributed by atoms with Crippen LogP contribution in [-0.2, 0) is 11.0 Å². The Balaban J connectivity index is 1.56. The minimum Gasteiger partial charge on any atom is -0.457 e. The van der Waals surface area contributed by atoms with E-state index in [9.17, 15) is 28.1 Å². The maximum atomic E-state index is 13.3. The van der Waals surface area contributed by atoms with Crippen LogP contribution in [0.3, 0.4) is 0 Å². The second-order valence-corrected chi connectivity index (χ2v) is 8.11. The third-order valence-electron chi connectivity index (χ3n) is 4.40. The molecule has 0 spiro atoms. The van der Waals surface area contributed by atoms with Gasteiger partial charge in [-0.25, -0.2) is 4.99 Å². The molecular formula is C21H11ClF3N3O4S. The molecule has 1 fully saturated rings. The highest BCUT2D eigenvalue weighted by atomic mass is 35.5. The van der Waals surface area contributed by atoms with Crippen molar-refractivity contribution in [3.05, 3.63) is 86.0 Å². The molecule has 1 aliphatic heterocycles. The Labute approximate surface area is 193 Å². The first-order chi connectivity index (χ1) is 15.6. The van der Waals surface area contributed by atoms with Crippen LogP contribution < -0.4 is 5.32 Å². The van der Waals surface area contributed by atoms with Gasteiger partial charge in [-0.2, -0.15) is 13.2 Å². The first kappa shape index (κ1) is 22.6. The van der Waals surface area contributed by atoms with Gasteiger partial charge in [-0.1, -0.05) is 11.6 Å². The van der Waals surface area contributed by atoms with Gasteiger partial charge in [0.25, 0.3) is 11.6 Å². The number of carbonyl (C=O) groups excluding carboxylic acids is 1. The summed E-state index contributed by atoms with van der Waals surface area (Å²) in [5, 5.41) is 13.1. The third-order valence-corrected chi connectivity index (χ3v) is 5.54. The van der Waals surface area contributed by atoms with E-state index in [1.54, 1.807) is 12.1 Å². The van der Waals surface area contributed by atoms with E-state index in [0.29, 0.717) is 17.1 Å². The number of alkyl halides is 3. The minimum atomic E-state index is -4.67. The number of nitro groups is 1. The summed E-state index contributed by atoms with van der Waals surface area (Å²) in [6, 6.07) is 12.1. The molecule has 7 nitrogen and oxygen atoms in total. The molecular weight excluding hydrogens is 483 g/mol. The van der Waals surface area contributed by atoms with E-state index >= 15 is 0 Å². The van der Waals surface area contributed by atoms with Crippen molar-refractivity contribution < 1.29 is 27.3 Å². The van der Waals surface area contributed by atoms with Gasteiger partial charge in [0.05, 0.1) is 21.1 Å². The molecule has 3 aromatic rings. The zero-order valence-electron chi connectivity index (χ0n) is 16.2. The number of benzene rings is 2. The van der Waals surface area contributed by atoms with E-state index in [1.165, 1.54) is 36.4 Å². The molecule has 2 aromatic carbocycles. The third kappa shape index (κ3) is 5.10. The number of thioether (sulfide) groups is 1. The van der Waals surface area contributed by atoms with Gasteiger partial charge in [-0.15, -0.1) is 0 Å². The molecule has 1 N–H and O–H groups in total. The lowest BCUT2D eigenvalue weighted by Crippen LogP contribution is -2.19. The van der Waals surface area contributed by atoms with Crippen LogP contribution in [0.5, 0.6) is 0 Å². The van der Waals surface area contributed by atoms with Crippen molar-refractivity contribution in [2.75, 3.05) is 0 Å². The quantitative estimate of drug-likeness (QED) is 0.257. The topological polar surface area (TPSA) is 97.7 Å². The first-order valence-corrected chi connectivity index (χ1v) is 10.3. The number of aliphatic imine (C=N–C) groups is 1. The number of carbonyl (C=O) groups is 1. The highest BCUT2D eigenvalue weighted by molar-refractivity contribution is 8.18. The van der Waals surface area contributed by atoms with Crippen LogP contribution in [0.25, 0.3) is 17.4 Å². The SMILES string of the molecule is O=C1NC(=Nc2ccc(Cl)cc2C(F)(F)F)S/C1=C/c1ccc(-c2ccc([N+](=O)[O-])cc2)o1. The maximum Gasteiger partial charge on any atom is 0.418 e. The normalized spacial score (nSPS) is 16.4. The van der Waals surface area contributed by atoms with Crippen LogP contribution in [0.1, 0.15) is 11.3 Å². The van der Waals surface area contributed by atoms with E-state index in [-0.39, 0.29) is 26.5 Å². The van der Waals surface area contributed by atoms with Crippen molar-refractivity contribution >= 4 is 51.9 Å². The molecule has 0 bridgehead atoms. The van der Waals surface area contributed by atoms with E-state index in [4.69, 9.17) is 16.0 Å². The number of non-ortho nitro benzene ring substituents is 1. The monoisotopic (exact) mass is 493 g/mol. The van der Waals surface area contributed by atoms with Crippen LogP contribution >= 0.6 is 23.4 Å². The number of nitro benzene ring substituents is 1. The molecule has 2 heterocycles. The molecule has 4 rings (SSSR count). The number of amides is 1. The van der Waals surface area contributed by atoms with Crippen molar-refractivity contribution in [2.24, 2.45) is 4.99 Å². The summed E-state index contributed by atoms with van der Waals surface area (Å²) >= 11 is 6.53. The Morgan fingerprint density at radius 3 is 2.52 bits per heavy atom. The molecule has 1 saturated heterocycles. The predicted molar refractivity (Wildman–Crippen MR) is 118 cm³/mol. The number of furan rings is 1. The Kier molecular flexibility index (Phi) is 6.00. The van der Waals surface area contributed by atoms with Gasteiger partial charge in [0.15, 0.2) is 5.17 Å². The van der Waals surface area contributed by atoms with Gasteiger partial charge in [-0.3, -0.25) is 14.9 Å². The summed E-state index contributed by atoms with van der Waals surface area (Å²) < 4.78 is 45.5. The molecule has 0 unspecified atom stereocenters. The van der Waals surface area contributed by atoms with Gasteiger partial charge in [0.1, 0.15) is 11.5 Å². The molecule has 1 aliphatic rings. The van der Waals surface area contributed by atoms with Crippen LogP contribution in [0.15, 0.2) is 68.9 Å². The average Bonchev–Trinajstić information content (AvgIpc) is 3.35. The molecule has 1 aromatic heterocycles. The Morgan fingerprint density at radius 1 is 1.12 bits per heavy atom. The lowest BCUT2D eigenvalue weighted by Gasteiger charge is -2.10. The molecule has 0 saturated carbocycles. The number of hydrogen-bond acceptors (Lipinski definition) is 6. The predicted octanol–water partition coefficient (Wildman–Crippen LogP) is 6.42. The Hall–Kier alpha value is -3.57. The number of hydrogen-bond donors (Lipinski definition) is 1. The number of halogens is 4. The van der Waals surface area contributed by atoms with Crippen LogP contribution in [-0.4, -0.2) is 16.0 Å². The first-order valence-electron chi connectivity index (χ1n) is 9.11. The lowest BCUT2D eigenvalue weighted by molar-refractivity contribution is -0.384. The van der Waals surface area contributed by atoms with Crippen molar-refractivity contribution in [1.82, 2.24) is 5.32 Å². The highest BCUT2D eigenvalue weighted by Gasteiger charge is 2.34. The second-order valence-electron chi connectivity index (χ2n) is 6.65. The zero-order valence-corrected chi connectivity index (χ0v) is 17.8. The molecule has 33 heavy (non-hydrogen) atoms. The molecule has 168 valence electrons. The standard InChI is InChI=1S/C21H11ClF3N3O4S/c22-12-3-7-16(15(9-12)21(23,24)25)26-20-27-19(29)18(33-20)10-14-6-8-17(32-14)11-1-4-13(5-2-11)28(30)31/h1-10H,(H,26,27,29)/b18-10+. The van der Waals surface area contributed by atoms with Crippen LogP contribution in [0.2, 0.25) is 5.02 Å². The molecule has 0 aliphatic carbocycles. The van der Waals surface area contributed by atoms with Gasteiger partial charge >= 0.3 is 6.18 Å². The summed E-state index contributed by atoms with van der Waals surface area (Å²) in [5.74, 6) is 0.185. The van der Waals surface area contributed by atoms with Crippen molar-refractivity contribution in [1.29, 1.82) is 0 Å². The fourth-order valence-corrected chi connectivity index (χ4v) is 3.87. The van der Waals surface area contributed by atoms with Crippen LogP contribution in [0, 0.1) is 10.1 Å². The van der Waals surface area contributed by atoms with Gasteiger partial charge in [-0.05, 0) is 54.2 Å². The van der Waals surface area contributed by atoms with Gasteiger partial charge in [0.2, 0.25) is 0 Å². The van der Waals surface area contributed by atoms with E-state index < -0.39 is 22.6 Å². The molecule has 1 amide bonds. The number of nitrogens with zero attached hydrogens (tertiary/aromatic N) is 2. The highest BCUT2D eigenvalue weighted by Crippen LogP contribution is 2.39. The van der Waals surface area contributed by atoms with Gasteiger partial charge in [0, 0.05) is 28.8 Å². The van der Waals surface area contributed by atoms with Crippen molar-refractivity contribution in [3.63, 3.8) is 0 Å². The summed E-state index contributed by atoms with van der Waals surface area (Å²) in [6.45, 7) is 0. The molecule has 0 radical (unpaired) electrons. The summed E-state index contributed by atoms with van der Waals surface area (Å²) in [7, 11) is 0. The summed E-state index contributed by atoms with van der Waals surface area (Å²) in [4.78, 5) is 26.6. The molecule has 0 atom stereocenters. The van der Waals surface area contributed by atoms with E-state index in [1.807, 2.05) is 0 Å². The van der Waals surface area contributed by atoms with Crippen LogP contribution in [0.4, 0.5) is 24.5 Å². The van der Waals surface area contributed by atoms with Gasteiger partial charge < -0.3 is 9.73 Å². The summed E-state index contributed by atoms with van der Waals surface area (Å²) in [6.07, 6.45) is -3.25. The number of nitrogens with one attached hydrogen (secondary N) is 1. The Morgan fingerprint density at radius 2 is 1.85 bits per heavy atom. The second kappa shape index (κ2) is 8.75. The summed E-state index contributed by atoms with van der Waals surface area (Å²) in [5.41, 5.74) is -0.866. The van der Waals surface area contributed by atoms with E-state index in [2.05, 4.69) is 10.3 Å². The minimum absolute atomic E-state index is 0.0266. The smallest absolute Gasteiger partial charge is 0.418 e. The average molecular weight is 494 g/mol. The Bertz CT molecular complexity index is 1320. The lowest BCUT2D eigenvalue weighted by atomic mass is 10.1. The maximum absolute atomic E-state index is 13.3.